The first-order chi connectivity index (χ1) is 13.5. The second-order valence-corrected chi connectivity index (χ2v) is 6.63. The van der Waals surface area contributed by atoms with Gasteiger partial charge in [-0.25, -0.2) is 0 Å². The summed E-state index contributed by atoms with van der Waals surface area (Å²) >= 11 is 6.31. The Balaban J connectivity index is 1.71. The van der Waals surface area contributed by atoms with Crippen molar-refractivity contribution in [1.82, 2.24) is 0 Å². The van der Waals surface area contributed by atoms with Crippen molar-refractivity contribution in [3.05, 3.63) is 53.1 Å². The van der Waals surface area contributed by atoms with Crippen LogP contribution in [0.4, 0.5) is 11.4 Å². The predicted octanol–water partition coefficient (Wildman–Crippen LogP) is 4.14. The van der Waals surface area contributed by atoms with E-state index in [2.05, 4.69) is 5.32 Å². The number of nitrogens with zero attached hydrogens (tertiary/aromatic N) is 1. The zero-order chi connectivity index (χ0) is 20.1. The van der Waals surface area contributed by atoms with E-state index in [0.29, 0.717) is 40.9 Å². The smallest absolute Gasteiger partial charge is 0.248 e. The Morgan fingerprint density at radius 1 is 1.21 bits per heavy atom. The molecule has 0 bridgehead atoms. The summed E-state index contributed by atoms with van der Waals surface area (Å²) in [5.41, 5.74) is 1.93. The first kappa shape index (κ1) is 19.8. The molecule has 0 saturated carbocycles. The van der Waals surface area contributed by atoms with Gasteiger partial charge in [-0.3, -0.25) is 9.59 Å². The molecule has 1 aliphatic heterocycles. The second kappa shape index (κ2) is 8.80. The number of anilines is 2. The van der Waals surface area contributed by atoms with Crippen LogP contribution in [0.1, 0.15) is 18.4 Å². The van der Waals surface area contributed by atoms with Gasteiger partial charge in [-0.05, 0) is 36.8 Å². The van der Waals surface area contributed by atoms with Gasteiger partial charge in [0, 0.05) is 30.3 Å². The summed E-state index contributed by atoms with van der Waals surface area (Å²) in [5.74, 6) is 0.889. The third-order valence-corrected chi connectivity index (χ3v) is 4.73. The van der Waals surface area contributed by atoms with Crippen molar-refractivity contribution in [3.8, 4) is 11.5 Å². The zero-order valence-corrected chi connectivity index (χ0v) is 16.5. The lowest BCUT2D eigenvalue weighted by Gasteiger charge is -2.17. The van der Waals surface area contributed by atoms with Crippen molar-refractivity contribution in [1.29, 1.82) is 0 Å². The van der Waals surface area contributed by atoms with Gasteiger partial charge in [-0.2, -0.15) is 0 Å². The van der Waals surface area contributed by atoms with Gasteiger partial charge >= 0.3 is 0 Å². The summed E-state index contributed by atoms with van der Waals surface area (Å²) in [7, 11) is 3.10. The molecule has 0 atom stereocenters. The van der Waals surface area contributed by atoms with Gasteiger partial charge < -0.3 is 19.7 Å². The van der Waals surface area contributed by atoms with E-state index < -0.39 is 0 Å². The number of ether oxygens (including phenoxy) is 2. The summed E-state index contributed by atoms with van der Waals surface area (Å²) in [4.78, 5) is 25.8. The molecule has 0 aliphatic carbocycles. The molecule has 1 fully saturated rings. The first-order valence-electron chi connectivity index (χ1n) is 8.83. The molecule has 1 aliphatic rings. The summed E-state index contributed by atoms with van der Waals surface area (Å²) in [6, 6.07) is 10.5. The molecular formula is C21H21ClN2O4. The number of methoxy groups -OCH3 is 2. The van der Waals surface area contributed by atoms with Crippen molar-refractivity contribution < 1.29 is 19.1 Å². The summed E-state index contributed by atoms with van der Waals surface area (Å²) in [5, 5.41) is 3.19. The molecule has 1 N–H and O–H groups in total. The van der Waals surface area contributed by atoms with Gasteiger partial charge in [0.15, 0.2) is 11.5 Å². The minimum absolute atomic E-state index is 0.0638. The quantitative estimate of drug-likeness (QED) is 0.740. The highest BCUT2D eigenvalue weighted by atomic mass is 35.5. The largest absolute Gasteiger partial charge is 0.493 e. The van der Waals surface area contributed by atoms with Crippen molar-refractivity contribution in [2.24, 2.45) is 0 Å². The van der Waals surface area contributed by atoms with E-state index in [1.807, 2.05) is 12.1 Å². The zero-order valence-electron chi connectivity index (χ0n) is 15.7. The van der Waals surface area contributed by atoms with E-state index in [-0.39, 0.29) is 11.8 Å². The molecule has 3 rings (SSSR count). The molecule has 1 saturated heterocycles. The molecule has 7 heteroatoms. The first-order valence-corrected chi connectivity index (χ1v) is 9.21. The Morgan fingerprint density at radius 2 is 2.04 bits per heavy atom. The van der Waals surface area contributed by atoms with Crippen LogP contribution in [0.15, 0.2) is 42.5 Å². The molecule has 0 radical (unpaired) electrons. The standard InChI is InChI=1S/C21H21ClN2O4/c1-27-18-6-3-5-14(21(18)28-2)8-11-19(25)23-15-9-10-17(16(22)13-15)24-12-4-7-20(24)26/h3,5-6,8-11,13H,4,7,12H2,1-2H3,(H,23,25)/b11-8+. The fourth-order valence-electron chi connectivity index (χ4n) is 3.10. The number of halogens is 1. The van der Waals surface area contributed by atoms with E-state index >= 15 is 0 Å². The van der Waals surface area contributed by atoms with Crippen LogP contribution in [0.2, 0.25) is 5.02 Å². The monoisotopic (exact) mass is 400 g/mol. The lowest BCUT2D eigenvalue weighted by atomic mass is 10.1. The highest BCUT2D eigenvalue weighted by molar-refractivity contribution is 6.34. The van der Waals surface area contributed by atoms with Gasteiger partial charge in [0.25, 0.3) is 0 Å². The molecule has 0 aromatic heterocycles. The van der Waals surface area contributed by atoms with E-state index in [9.17, 15) is 9.59 Å². The number of carbonyl (C=O) groups excluding carboxylic acids is 2. The number of hydrogen-bond acceptors (Lipinski definition) is 4. The summed E-state index contributed by atoms with van der Waals surface area (Å²) < 4.78 is 10.6. The number of nitrogens with one attached hydrogen (secondary N) is 1. The maximum atomic E-state index is 12.3. The SMILES string of the molecule is COc1cccc(/C=C/C(=O)Nc2ccc(N3CCCC3=O)c(Cl)c2)c1OC. The normalized spacial score (nSPS) is 13.8. The molecule has 2 amide bonds. The Bertz CT molecular complexity index is 927. The lowest BCUT2D eigenvalue weighted by molar-refractivity contribution is -0.117. The Morgan fingerprint density at radius 3 is 2.68 bits per heavy atom. The fraction of sp³-hybridized carbons (Fsp3) is 0.238. The maximum absolute atomic E-state index is 12.3. The van der Waals surface area contributed by atoms with Crippen molar-refractivity contribution in [3.63, 3.8) is 0 Å². The van der Waals surface area contributed by atoms with Crippen molar-refractivity contribution in [2.45, 2.75) is 12.8 Å². The van der Waals surface area contributed by atoms with Gasteiger partial charge in [0.2, 0.25) is 11.8 Å². The summed E-state index contributed by atoms with van der Waals surface area (Å²) in [6.45, 7) is 0.662. The molecular weight excluding hydrogens is 380 g/mol. The summed E-state index contributed by atoms with van der Waals surface area (Å²) in [6.07, 6.45) is 4.41. The number of benzene rings is 2. The number of amides is 2. The third-order valence-electron chi connectivity index (χ3n) is 4.43. The Hall–Kier alpha value is -2.99. The minimum Gasteiger partial charge on any atom is -0.493 e. The van der Waals surface area contributed by atoms with Crippen LogP contribution in [-0.4, -0.2) is 32.6 Å². The number of para-hydroxylation sites is 1. The third kappa shape index (κ3) is 4.28. The van der Waals surface area contributed by atoms with Crippen LogP contribution in [0.3, 0.4) is 0 Å². The average Bonchev–Trinajstić information content (AvgIpc) is 3.11. The second-order valence-electron chi connectivity index (χ2n) is 6.22. The highest BCUT2D eigenvalue weighted by Crippen LogP contribution is 2.32. The van der Waals surface area contributed by atoms with E-state index in [0.717, 1.165) is 12.0 Å². The molecule has 1 heterocycles. The molecule has 28 heavy (non-hydrogen) atoms. The van der Waals surface area contributed by atoms with Gasteiger partial charge in [-0.1, -0.05) is 23.7 Å². The molecule has 6 nitrogen and oxygen atoms in total. The van der Waals surface area contributed by atoms with Crippen LogP contribution in [0.5, 0.6) is 11.5 Å². The molecule has 0 spiro atoms. The Kier molecular flexibility index (Phi) is 6.21. The predicted molar refractivity (Wildman–Crippen MR) is 110 cm³/mol. The topological polar surface area (TPSA) is 67.9 Å². The number of carbonyl (C=O) groups is 2. The molecule has 0 unspecified atom stereocenters. The van der Waals surface area contributed by atoms with Gasteiger partial charge in [0.1, 0.15) is 0 Å². The highest BCUT2D eigenvalue weighted by Gasteiger charge is 2.23. The maximum Gasteiger partial charge on any atom is 0.248 e. The molecule has 146 valence electrons. The lowest BCUT2D eigenvalue weighted by Crippen LogP contribution is -2.24. The number of rotatable bonds is 6. The van der Waals surface area contributed by atoms with Gasteiger partial charge in [-0.15, -0.1) is 0 Å². The van der Waals surface area contributed by atoms with Crippen LogP contribution in [0.25, 0.3) is 6.08 Å². The van der Waals surface area contributed by atoms with Crippen LogP contribution >= 0.6 is 11.6 Å². The fourth-order valence-corrected chi connectivity index (χ4v) is 3.38. The minimum atomic E-state index is -0.314. The van der Waals surface area contributed by atoms with Crippen molar-refractivity contribution >= 4 is 40.9 Å². The van der Waals surface area contributed by atoms with Crippen molar-refractivity contribution in [2.75, 3.05) is 31.0 Å². The number of hydrogen-bond donors (Lipinski definition) is 1. The van der Waals surface area contributed by atoms with E-state index in [4.69, 9.17) is 21.1 Å². The van der Waals surface area contributed by atoms with Crippen LogP contribution in [0, 0.1) is 0 Å². The molecule has 2 aromatic rings. The Labute approximate surface area is 168 Å². The van der Waals surface area contributed by atoms with Crippen LogP contribution < -0.4 is 19.7 Å². The van der Waals surface area contributed by atoms with Gasteiger partial charge in [0.05, 0.1) is 24.9 Å². The average molecular weight is 401 g/mol. The van der Waals surface area contributed by atoms with E-state index in [1.165, 1.54) is 6.08 Å². The molecule has 2 aromatic carbocycles. The van der Waals surface area contributed by atoms with E-state index in [1.54, 1.807) is 49.5 Å². The van der Waals surface area contributed by atoms with Crippen LogP contribution in [-0.2, 0) is 9.59 Å².